The maximum absolute atomic E-state index is 11.7. The van der Waals surface area contributed by atoms with E-state index in [0.717, 1.165) is 4.47 Å². The number of nitrogens with one attached hydrogen (secondary N) is 1. The molecule has 2 atom stereocenters. The fourth-order valence-electron chi connectivity index (χ4n) is 1.34. The zero-order valence-electron chi connectivity index (χ0n) is 10.2. The number of nitrogens with two attached hydrogens (primary N) is 1. The molecule has 0 spiro atoms. The van der Waals surface area contributed by atoms with Crippen LogP contribution in [0.5, 0.6) is 0 Å². The van der Waals surface area contributed by atoms with Gasteiger partial charge in [0.15, 0.2) is 0 Å². The first kappa shape index (κ1) is 15.3. The van der Waals surface area contributed by atoms with E-state index in [4.69, 9.17) is 5.73 Å². The predicted molar refractivity (Wildman–Crippen MR) is 78.9 cm³/mol. The van der Waals surface area contributed by atoms with Gasteiger partial charge in [-0.15, -0.1) is 0 Å². The quantitative estimate of drug-likeness (QED) is 0.833. The zero-order chi connectivity index (χ0) is 13.5. The minimum absolute atomic E-state index is 0.00563. The molecule has 2 unspecified atom stereocenters. The number of hydrogen-bond acceptors (Lipinski definition) is 3. The Bertz CT molecular complexity index is 440. The van der Waals surface area contributed by atoms with Gasteiger partial charge >= 0.3 is 0 Å². The molecule has 0 fully saturated rings. The molecule has 0 radical (unpaired) electrons. The molecule has 6 heteroatoms. The van der Waals surface area contributed by atoms with E-state index in [2.05, 4.69) is 21.2 Å². The summed E-state index contributed by atoms with van der Waals surface area (Å²) in [5, 5.41) is 2.72. The summed E-state index contributed by atoms with van der Waals surface area (Å²) in [7, 11) is -1.17. The molecular formula is C12H17BrN2O2S. The van der Waals surface area contributed by atoms with Crippen molar-refractivity contribution in [3.63, 3.8) is 0 Å². The first-order valence-electron chi connectivity index (χ1n) is 5.62. The molecule has 1 aromatic rings. The van der Waals surface area contributed by atoms with Crippen molar-refractivity contribution in [3.05, 3.63) is 28.7 Å². The van der Waals surface area contributed by atoms with Crippen molar-refractivity contribution in [1.82, 2.24) is 0 Å². The van der Waals surface area contributed by atoms with Gasteiger partial charge < -0.3 is 11.1 Å². The average molecular weight is 333 g/mol. The van der Waals surface area contributed by atoms with Crippen LogP contribution in [-0.4, -0.2) is 28.2 Å². The van der Waals surface area contributed by atoms with Crippen molar-refractivity contribution in [2.24, 2.45) is 11.7 Å². The number of rotatable bonds is 6. The Morgan fingerprint density at radius 3 is 2.78 bits per heavy atom. The summed E-state index contributed by atoms with van der Waals surface area (Å²) < 4.78 is 12.5. The molecule has 18 heavy (non-hydrogen) atoms. The Kier molecular flexibility index (Phi) is 6.52. The molecule has 0 aliphatic rings. The van der Waals surface area contributed by atoms with E-state index >= 15 is 0 Å². The van der Waals surface area contributed by atoms with Crippen LogP contribution in [0, 0.1) is 5.92 Å². The lowest BCUT2D eigenvalue weighted by atomic mass is 10.2. The first-order chi connectivity index (χ1) is 8.52. The lowest BCUT2D eigenvalue weighted by Gasteiger charge is -2.09. The summed E-state index contributed by atoms with van der Waals surface area (Å²) >= 11 is 3.34. The summed E-state index contributed by atoms with van der Waals surface area (Å²) in [4.78, 5) is 11.7. The molecule has 0 saturated heterocycles. The van der Waals surface area contributed by atoms with Crippen LogP contribution in [0.3, 0.4) is 0 Å². The Morgan fingerprint density at radius 1 is 1.50 bits per heavy atom. The predicted octanol–water partition coefficient (Wildman–Crippen LogP) is 1.73. The Balaban J connectivity index is 2.47. The van der Waals surface area contributed by atoms with Crippen LogP contribution in [0.2, 0.25) is 0 Å². The summed E-state index contributed by atoms with van der Waals surface area (Å²) in [6, 6.07) is 7.31. The standard InChI is InChI=1S/C12H17BrN2O2S/c1-9(6-14)7-18(17)8-12(16)15-11-5-3-2-4-10(11)13/h2-5,9H,6-8,14H2,1H3,(H,15,16). The minimum Gasteiger partial charge on any atom is -0.330 e. The first-order valence-corrected chi connectivity index (χ1v) is 7.90. The molecule has 0 aliphatic carbocycles. The largest absolute Gasteiger partial charge is 0.330 e. The number of halogens is 1. The summed E-state index contributed by atoms with van der Waals surface area (Å²) in [5.41, 5.74) is 6.14. The summed E-state index contributed by atoms with van der Waals surface area (Å²) in [5.74, 6) is 0.387. The highest BCUT2D eigenvalue weighted by Crippen LogP contribution is 2.20. The van der Waals surface area contributed by atoms with Gasteiger partial charge in [-0.1, -0.05) is 19.1 Å². The van der Waals surface area contributed by atoms with E-state index in [1.807, 2.05) is 25.1 Å². The highest BCUT2D eigenvalue weighted by Gasteiger charge is 2.12. The van der Waals surface area contributed by atoms with E-state index in [0.29, 0.717) is 18.0 Å². The third-order valence-corrected chi connectivity index (χ3v) is 4.53. The summed E-state index contributed by atoms with van der Waals surface area (Å²) in [6.07, 6.45) is 0. The average Bonchev–Trinajstić information content (AvgIpc) is 2.31. The Labute approximate surface area is 118 Å². The number of carbonyl (C=O) groups excluding carboxylic acids is 1. The molecule has 3 N–H and O–H groups in total. The van der Waals surface area contributed by atoms with Gasteiger partial charge in [0.05, 0.1) is 5.69 Å². The molecule has 1 rings (SSSR count). The van der Waals surface area contributed by atoms with E-state index in [1.54, 1.807) is 6.07 Å². The van der Waals surface area contributed by atoms with Crippen molar-refractivity contribution in [2.75, 3.05) is 23.4 Å². The van der Waals surface area contributed by atoms with Gasteiger partial charge in [-0.25, -0.2) is 0 Å². The Morgan fingerprint density at radius 2 is 2.17 bits per heavy atom. The normalized spacial score (nSPS) is 13.9. The second kappa shape index (κ2) is 7.66. The molecule has 1 aromatic carbocycles. The van der Waals surface area contributed by atoms with Crippen molar-refractivity contribution >= 4 is 38.3 Å². The fraction of sp³-hybridized carbons (Fsp3) is 0.417. The van der Waals surface area contributed by atoms with Gasteiger partial charge in [0.2, 0.25) is 5.91 Å². The highest BCUT2D eigenvalue weighted by molar-refractivity contribution is 9.10. The van der Waals surface area contributed by atoms with E-state index < -0.39 is 10.8 Å². The molecule has 0 bridgehead atoms. The zero-order valence-corrected chi connectivity index (χ0v) is 12.6. The SMILES string of the molecule is CC(CN)CS(=O)CC(=O)Nc1ccccc1Br. The summed E-state index contributed by atoms with van der Waals surface area (Å²) in [6.45, 7) is 2.40. The monoisotopic (exact) mass is 332 g/mol. The van der Waals surface area contributed by atoms with Crippen LogP contribution < -0.4 is 11.1 Å². The lowest BCUT2D eigenvalue weighted by molar-refractivity contribution is -0.113. The van der Waals surface area contributed by atoms with Crippen LogP contribution in [-0.2, 0) is 15.6 Å². The molecule has 0 heterocycles. The van der Waals surface area contributed by atoms with Crippen LogP contribution in [0.1, 0.15) is 6.92 Å². The number of amides is 1. The van der Waals surface area contributed by atoms with Gasteiger partial charge in [0, 0.05) is 21.0 Å². The number of carbonyl (C=O) groups is 1. The fourth-order valence-corrected chi connectivity index (χ4v) is 2.98. The van der Waals surface area contributed by atoms with Crippen LogP contribution in [0.4, 0.5) is 5.69 Å². The third kappa shape index (κ3) is 5.29. The van der Waals surface area contributed by atoms with Crippen LogP contribution in [0.25, 0.3) is 0 Å². The van der Waals surface area contributed by atoms with Crippen LogP contribution >= 0.6 is 15.9 Å². The van der Waals surface area contributed by atoms with E-state index in [-0.39, 0.29) is 17.6 Å². The third-order valence-electron chi connectivity index (χ3n) is 2.31. The van der Waals surface area contributed by atoms with E-state index in [1.165, 1.54) is 0 Å². The number of hydrogen-bond donors (Lipinski definition) is 2. The van der Waals surface area contributed by atoms with Crippen molar-refractivity contribution < 1.29 is 9.00 Å². The van der Waals surface area contributed by atoms with Gasteiger partial charge in [-0.3, -0.25) is 9.00 Å². The molecule has 100 valence electrons. The number of benzene rings is 1. The maximum atomic E-state index is 11.7. The molecule has 4 nitrogen and oxygen atoms in total. The molecule has 1 amide bonds. The Hall–Kier alpha value is -0.720. The molecule has 0 aromatic heterocycles. The molecular weight excluding hydrogens is 316 g/mol. The van der Waals surface area contributed by atoms with Gasteiger partial charge in [-0.05, 0) is 40.5 Å². The van der Waals surface area contributed by atoms with Gasteiger partial charge in [0.25, 0.3) is 0 Å². The second-order valence-electron chi connectivity index (χ2n) is 4.12. The number of anilines is 1. The highest BCUT2D eigenvalue weighted by atomic mass is 79.9. The van der Waals surface area contributed by atoms with Crippen molar-refractivity contribution in [2.45, 2.75) is 6.92 Å². The molecule has 0 aliphatic heterocycles. The smallest absolute Gasteiger partial charge is 0.237 e. The lowest BCUT2D eigenvalue weighted by Crippen LogP contribution is -2.25. The van der Waals surface area contributed by atoms with Gasteiger partial charge in [-0.2, -0.15) is 0 Å². The van der Waals surface area contributed by atoms with Crippen molar-refractivity contribution in [1.29, 1.82) is 0 Å². The van der Waals surface area contributed by atoms with E-state index in [9.17, 15) is 9.00 Å². The van der Waals surface area contributed by atoms with Gasteiger partial charge in [0.1, 0.15) is 5.75 Å². The number of para-hydroxylation sites is 1. The second-order valence-corrected chi connectivity index (χ2v) is 6.48. The van der Waals surface area contributed by atoms with Crippen LogP contribution in [0.15, 0.2) is 28.7 Å². The topological polar surface area (TPSA) is 72.2 Å². The van der Waals surface area contributed by atoms with Crippen molar-refractivity contribution in [3.8, 4) is 0 Å². The maximum Gasteiger partial charge on any atom is 0.237 e. The molecule has 0 saturated carbocycles. The minimum atomic E-state index is -1.17.